The molecule has 0 saturated carbocycles. The van der Waals surface area contributed by atoms with E-state index in [-0.39, 0.29) is 11.9 Å². The molecule has 2 rings (SSSR count). The quantitative estimate of drug-likeness (QED) is 0.808. The van der Waals surface area contributed by atoms with Crippen LogP contribution in [0.4, 0.5) is 0 Å². The standard InChI is InChI=1S/C14H19N3OS/c15-13(18)12-7-4-10-17(12)14(19)16-9-8-11-5-2-1-3-6-11/h1-3,5-6,12H,4,7-10H2,(H2,15,18)(H,16,19)/t12-/m1/s1. The van der Waals surface area contributed by atoms with Gasteiger partial charge in [0.2, 0.25) is 5.91 Å². The van der Waals surface area contributed by atoms with Crippen molar-refractivity contribution in [1.29, 1.82) is 0 Å². The summed E-state index contributed by atoms with van der Waals surface area (Å²) in [4.78, 5) is 13.2. The second-order valence-electron chi connectivity index (χ2n) is 4.72. The van der Waals surface area contributed by atoms with Gasteiger partial charge in [0.05, 0.1) is 0 Å². The number of rotatable bonds is 4. The summed E-state index contributed by atoms with van der Waals surface area (Å²) >= 11 is 5.33. The lowest BCUT2D eigenvalue weighted by molar-refractivity contribution is -0.121. The highest BCUT2D eigenvalue weighted by Crippen LogP contribution is 2.16. The Hall–Kier alpha value is -1.62. The van der Waals surface area contributed by atoms with E-state index in [1.807, 2.05) is 23.1 Å². The Bertz CT molecular complexity index is 449. The molecule has 1 atom stereocenters. The van der Waals surface area contributed by atoms with Crippen molar-refractivity contribution in [2.45, 2.75) is 25.3 Å². The molecule has 4 nitrogen and oxygen atoms in total. The van der Waals surface area contributed by atoms with Gasteiger partial charge in [-0.15, -0.1) is 0 Å². The van der Waals surface area contributed by atoms with E-state index >= 15 is 0 Å². The molecule has 19 heavy (non-hydrogen) atoms. The first-order valence-electron chi connectivity index (χ1n) is 6.56. The van der Waals surface area contributed by atoms with Crippen LogP contribution in [0.1, 0.15) is 18.4 Å². The molecule has 5 heteroatoms. The van der Waals surface area contributed by atoms with Crippen molar-refractivity contribution in [3.63, 3.8) is 0 Å². The Balaban J connectivity index is 1.80. The minimum Gasteiger partial charge on any atom is -0.368 e. The van der Waals surface area contributed by atoms with E-state index in [1.165, 1.54) is 5.56 Å². The molecule has 102 valence electrons. The predicted molar refractivity (Wildman–Crippen MR) is 79.7 cm³/mol. The van der Waals surface area contributed by atoms with Crippen molar-refractivity contribution in [1.82, 2.24) is 10.2 Å². The third kappa shape index (κ3) is 3.67. The Labute approximate surface area is 119 Å². The average Bonchev–Trinajstić information content (AvgIpc) is 2.89. The molecule has 1 aromatic rings. The molecule has 0 aromatic heterocycles. The number of amides is 1. The number of nitrogens with one attached hydrogen (secondary N) is 1. The smallest absolute Gasteiger partial charge is 0.240 e. The van der Waals surface area contributed by atoms with Crippen LogP contribution in [0.15, 0.2) is 30.3 Å². The molecule has 0 spiro atoms. The second-order valence-corrected chi connectivity index (χ2v) is 5.11. The Kier molecular flexibility index (Phi) is 4.74. The van der Waals surface area contributed by atoms with Gasteiger partial charge in [-0.1, -0.05) is 30.3 Å². The minimum absolute atomic E-state index is 0.239. The van der Waals surface area contributed by atoms with Gasteiger partial charge in [-0.3, -0.25) is 4.79 Å². The number of carbonyl (C=O) groups is 1. The Morgan fingerprint density at radius 1 is 1.42 bits per heavy atom. The molecule has 1 fully saturated rings. The van der Waals surface area contributed by atoms with Crippen molar-refractivity contribution in [2.75, 3.05) is 13.1 Å². The van der Waals surface area contributed by atoms with Gasteiger partial charge in [0.1, 0.15) is 6.04 Å². The fourth-order valence-electron chi connectivity index (χ4n) is 2.37. The molecular weight excluding hydrogens is 258 g/mol. The molecule has 0 aliphatic carbocycles. The van der Waals surface area contributed by atoms with Gasteiger partial charge in [0, 0.05) is 13.1 Å². The zero-order valence-corrected chi connectivity index (χ0v) is 11.7. The normalized spacial score (nSPS) is 18.3. The molecule has 1 heterocycles. The summed E-state index contributed by atoms with van der Waals surface area (Å²) < 4.78 is 0. The highest BCUT2D eigenvalue weighted by Gasteiger charge is 2.30. The van der Waals surface area contributed by atoms with E-state index in [0.717, 1.165) is 32.4 Å². The van der Waals surface area contributed by atoms with Crippen LogP contribution in [-0.4, -0.2) is 35.1 Å². The lowest BCUT2D eigenvalue weighted by atomic mass is 10.1. The molecule has 1 aromatic carbocycles. The van der Waals surface area contributed by atoms with Crippen molar-refractivity contribution in [3.05, 3.63) is 35.9 Å². The summed E-state index contributed by atoms with van der Waals surface area (Å²) in [6.45, 7) is 1.58. The molecule has 0 radical (unpaired) electrons. The van der Waals surface area contributed by atoms with Crippen LogP contribution in [-0.2, 0) is 11.2 Å². The van der Waals surface area contributed by atoms with Crippen LogP contribution in [0.2, 0.25) is 0 Å². The van der Waals surface area contributed by atoms with E-state index in [1.54, 1.807) is 0 Å². The summed E-state index contributed by atoms with van der Waals surface area (Å²) in [6, 6.07) is 9.99. The van der Waals surface area contributed by atoms with E-state index in [9.17, 15) is 4.79 Å². The van der Waals surface area contributed by atoms with Crippen LogP contribution < -0.4 is 11.1 Å². The highest BCUT2D eigenvalue weighted by molar-refractivity contribution is 7.80. The summed E-state index contributed by atoms with van der Waals surface area (Å²) in [5.41, 5.74) is 6.65. The van der Waals surface area contributed by atoms with Crippen LogP contribution in [0.25, 0.3) is 0 Å². The zero-order chi connectivity index (χ0) is 13.7. The van der Waals surface area contributed by atoms with Gasteiger partial charge in [-0.05, 0) is 37.0 Å². The van der Waals surface area contributed by atoms with Gasteiger partial charge in [0.25, 0.3) is 0 Å². The molecule has 1 saturated heterocycles. The first kappa shape index (κ1) is 13.8. The summed E-state index contributed by atoms with van der Waals surface area (Å²) in [5.74, 6) is -0.287. The molecule has 3 N–H and O–H groups in total. The van der Waals surface area contributed by atoms with Gasteiger partial charge in [-0.25, -0.2) is 0 Å². The molecule has 0 unspecified atom stereocenters. The Morgan fingerprint density at radius 3 is 2.84 bits per heavy atom. The molecule has 1 aliphatic heterocycles. The fourth-order valence-corrected chi connectivity index (χ4v) is 2.69. The third-order valence-corrected chi connectivity index (χ3v) is 3.75. The van der Waals surface area contributed by atoms with Gasteiger partial charge in [0.15, 0.2) is 5.11 Å². The number of carbonyl (C=O) groups excluding carboxylic acids is 1. The summed E-state index contributed by atoms with van der Waals surface area (Å²) in [6.07, 6.45) is 2.68. The molecule has 0 bridgehead atoms. The van der Waals surface area contributed by atoms with Gasteiger partial charge >= 0.3 is 0 Å². The first-order valence-corrected chi connectivity index (χ1v) is 6.97. The van der Waals surface area contributed by atoms with Crippen molar-refractivity contribution in [3.8, 4) is 0 Å². The molecule has 1 amide bonds. The Morgan fingerprint density at radius 2 is 2.16 bits per heavy atom. The number of benzene rings is 1. The third-order valence-electron chi connectivity index (χ3n) is 3.37. The van der Waals surface area contributed by atoms with Crippen molar-refractivity contribution < 1.29 is 4.79 Å². The lowest BCUT2D eigenvalue weighted by Gasteiger charge is -2.25. The minimum atomic E-state index is -0.287. The number of nitrogens with two attached hydrogens (primary N) is 1. The van der Waals surface area contributed by atoms with Crippen LogP contribution >= 0.6 is 12.2 Å². The number of likely N-dealkylation sites (tertiary alicyclic amines) is 1. The SMILES string of the molecule is NC(=O)[C@H]1CCCN1C(=S)NCCc1ccccc1. The second kappa shape index (κ2) is 6.52. The number of thiocarbonyl (C=S) groups is 1. The fraction of sp³-hybridized carbons (Fsp3) is 0.429. The van der Waals surface area contributed by atoms with E-state index < -0.39 is 0 Å². The number of nitrogens with zero attached hydrogens (tertiary/aromatic N) is 1. The number of hydrogen-bond acceptors (Lipinski definition) is 2. The maximum atomic E-state index is 11.3. The molecule has 1 aliphatic rings. The van der Waals surface area contributed by atoms with Crippen LogP contribution in [0, 0.1) is 0 Å². The maximum Gasteiger partial charge on any atom is 0.240 e. The topological polar surface area (TPSA) is 58.4 Å². The summed E-state index contributed by atoms with van der Waals surface area (Å²) in [5, 5.41) is 3.84. The van der Waals surface area contributed by atoms with Crippen molar-refractivity contribution >= 4 is 23.2 Å². The van der Waals surface area contributed by atoms with Gasteiger partial charge in [-0.2, -0.15) is 0 Å². The number of primary amides is 1. The van der Waals surface area contributed by atoms with Crippen molar-refractivity contribution in [2.24, 2.45) is 5.73 Å². The molecular formula is C14H19N3OS. The van der Waals surface area contributed by atoms with E-state index in [4.69, 9.17) is 18.0 Å². The summed E-state index contributed by atoms with van der Waals surface area (Å²) in [7, 11) is 0. The lowest BCUT2D eigenvalue weighted by Crippen LogP contribution is -2.48. The van der Waals surface area contributed by atoms with Gasteiger partial charge < -0.3 is 16.0 Å². The average molecular weight is 277 g/mol. The predicted octanol–water partition coefficient (Wildman–Crippen LogP) is 1.05. The van der Waals surface area contributed by atoms with Crippen LogP contribution in [0.3, 0.4) is 0 Å². The van der Waals surface area contributed by atoms with E-state index in [0.29, 0.717) is 5.11 Å². The van der Waals surface area contributed by atoms with Crippen LogP contribution in [0.5, 0.6) is 0 Å². The highest BCUT2D eigenvalue weighted by atomic mass is 32.1. The maximum absolute atomic E-state index is 11.3. The number of hydrogen-bond donors (Lipinski definition) is 2. The monoisotopic (exact) mass is 277 g/mol. The zero-order valence-electron chi connectivity index (χ0n) is 10.8. The largest absolute Gasteiger partial charge is 0.368 e. The first-order chi connectivity index (χ1) is 9.18. The van der Waals surface area contributed by atoms with E-state index in [2.05, 4.69) is 17.4 Å².